The van der Waals surface area contributed by atoms with Gasteiger partial charge >= 0.3 is 5.97 Å². The molecule has 0 bridgehead atoms. The quantitative estimate of drug-likeness (QED) is 0.404. The minimum absolute atomic E-state index is 0.151. The first-order chi connectivity index (χ1) is 9.34. The summed E-state index contributed by atoms with van der Waals surface area (Å²) in [5.41, 5.74) is 0. The molecule has 4 nitrogen and oxygen atoms in total. The smallest absolute Gasteiger partial charge is 0.308 e. The van der Waals surface area contributed by atoms with Crippen molar-refractivity contribution in [3.63, 3.8) is 0 Å². The van der Waals surface area contributed by atoms with Crippen LogP contribution >= 0.6 is 0 Å². The molecule has 1 aliphatic heterocycles. The Bertz CT molecular complexity index is 295. The maximum Gasteiger partial charge on any atom is 0.308 e. The highest BCUT2D eigenvalue weighted by molar-refractivity contribution is 5.69. The summed E-state index contributed by atoms with van der Waals surface area (Å²) in [5, 5.41) is 0. The van der Waals surface area contributed by atoms with Crippen molar-refractivity contribution in [2.24, 2.45) is 5.92 Å². The van der Waals surface area contributed by atoms with Crippen LogP contribution in [0, 0.1) is 5.92 Å². The summed E-state index contributed by atoms with van der Waals surface area (Å²) >= 11 is 0. The fourth-order valence-corrected chi connectivity index (χ4v) is 2.44. The third kappa shape index (κ3) is 5.74. The molecule has 1 heterocycles. The maximum absolute atomic E-state index is 11.5. The highest BCUT2D eigenvalue weighted by atomic mass is 16.5. The lowest BCUT2D eigenvalue weighted by atomic mass is 9.95. The second-order valence-electron chi connectivity index (χ2n) is 5.29. The van der Waals surface area contributed by atoms with Crippen LogP contribution in [0.3, 0.4) is 0 Å². The standard InChI is InChI=1S/C15H24O4/c16-15(19-11-13-5-2-1-3-6-13)8-10-17-12-14-7-4-9-18-14/h1-2,13-14H,3-12H2. The molecule has 2 atom stereocenters. The molecule has 2 rings (SSSR count). The molecule has 1 fully saturated rings. The van der Waals surface area contributed by atoms with Gasteiger partial charge in [0.05, 0.1) is 32.3 Å². The molecule has 0 saturated carbocycles. The Hall–Kier alpha value is -0.870. The van der Waals surface area contributed by atoms with Crippen LogP contribution in [0.15, 0.2) is 12.2 Å². The van der Waals surface area contributed by atoms with Crippen LogP contribution in [0.5, 0.6) is 0 Å². The van der Waals surface area contributed by atoms with Gasteiger partial charge in [-0.3, -0.25) is 4.79 Å². The minimum Gasteiger partial charge on any atom is -0.465 e. The van der Waals surface area contributed by atoms with Crippen molar-refractivity contribution in [2.45, 2.75) is 44.6 Å². The number of hydrogen-bond donors (Lipinski definition) is 0. The van der Waals surface area contributed by atoms with Crippen LogP contribution < -0.4 is 0 Å². The van der Waals surface area contributed by atoms with Crippen molar-refractivity contribution in [1.29, 1.82) is 0 Å². The van der Waals surface area contributed by atoms with E-state index < -0.39 is 0 Å². The van der Waals surface area contributed by atoms with E-state index >= 15 is 0 Å². The van der Waals surface area contributed by atoms with Crippen molar-refractivity contribution in [3.8, 4) is 0 Å². The Morgan fingerprint density at radius 2 is 2.21 bits per heavy atom. The molecule has 0 aromatic carbocycles. The minimum atomic E-state index is -0.151. The van der Waals surface area contributed by atoms with Crippen LogP contribution in [0.2, 0.25) is 0 Å². The van der Waals surface area contributed by atoms with Crippen LogP contribution in [0.4, 0.5) is 0 Å². The van der Waals surface area contributed by atoms with E-state index in [1.807, 2.05) is 0 Å². The molecule has 0 spiro atoms. The van der Waals surface area contributed by atoms with E-state index in [1.54, 1.807) is 0 Å². The van der Waals surface area contributed by atoms with E-state index in [4.69, 9.17) is 14.2 Å². The Morgan fingerprint density at radius 3 is 2.95 bits per heavy atom. The normalized spacial score (nSPS) is 26.5. The third-order valence-corrected chi connectivity index (χ3v) is 3.64. The number of ether oxygens (including phenoxy) is 3. The van der Waals surface area contributed by atoms with Crippen molar-refractivity contribution in [3.05, 3.63) is 12.2 Å². The average molecular weight is 268 g/mol. The van der Waals surface area contributed by atoms with Gasteiger partial charge < -0.3 is 14.2 Å². The van der Waals surface area contributed by atoms with Crippen LogP contribution in [0.25, 0.3) is 0 Å². The van der Waals surface area contributed by atoms with Crippen LogP contribution in [0.1, 0.15) is 38.5 Å². The molecule has 4 heteroatoms. The van der Waals surface area contributed by atoms with Crippen LogP contribution in [-0.4, -0.2) is 38.5 Å². The molecule has 1 aliphatic carbocycles. The van der Waals surface area contributed by atoms with E-state index in [2.05, 4.69) is 12.2 Å². The number of allylic oxidation sites excluding steroid dienone is 2. The number of esters is 1. The summed E-state index contributed by atoms with van der Waals surface area (Å²) in [4.78, 5) is 11.5. The second kappa shape index (κ2) is 8.33. The van der Waals surface area contributed by atoms with Crippen molar-refractivity contribution in [2.75, 3.05) is 26.4 Å². The van der Waals surface area contributed by atoms with Gasteiger partial charge in [0.1, 0.15) is 0 Å². The number of hydrogen-bond acceptors (Lipinski definition) is 4. The first-order valence-corrected chi connectivity index (χ1v) is 7.34. The molecule has 2 unspecified atom stereocenters. The molecule has 0 aromatic heterocycles. The summed E-state index contributed by atoms with van der Waals surface area (Å²) in [5.74, 6) is 0.351. The predicted octanol–water partition coefficient (Wildman–Crippen LogP) is 2.47. The first kappa shape index (κ1) is 14.5. The molecule has 2 aliphatic rings. The summed E-state index contributed by atoms with van der Waals surface area (Å²) in [6.07, 6.45) is 10.4. The van der Waals surface area contributed by atoms with Crippen molar-refractivity contribution in [1.82, 2.24) is 0 Å². The van der Waals surface area contributed by atoms with Gasteiger partial charge in [-0.05, 0) is 38.0 Å². The zero-order valence-electron chi connectivity index (χ0n) is 11.5. The Balaban J connectivity index is 1.46. The molecule has 0 amide bonds. The first-order valence-electron chi connectivity index (χ1n) is 7.34. The van der Waals surface area contributed by atoms with Gasteiger partial charge in [-0.15, -0.1) is 0 Å². The lowest BCUT2D eigenvalue weighted by molar-refractivity contribution is -0.146. The lowest BCUT2D eigenvalue weighted by Crippen LogP contribution is -2.18. The average Bonchev–Trinajstić information content (AvgIpc) is 2.96. The Labute approximate surface area is 115 Å². The highest BCUT2D eigenvalue weighted by Crippen LogP contribution is 2.18. The Kier molecular flexibility index (Phi) is 6.37. The van der Waals surface area contributed by atoms with Gasteiger partial charge in [-0.25, -0.2) is 0 Å². The van der Waals surface area contributed by atoms with E-state index in [0.29, 0.717) is 32.2 Å². The zero-order valence-corrected chi connectivity index (χ0v) is 11.5. The lowest BCUT2D eigenvalue weighted by Gasteiger charge is -2.17. The van der Waals surface area contributed by atoms with Crippen LogP contribution in [-0.2, 0) is 19.0 Å². The topological polar surface area (TPSA) is 44.8 Å². The largest absolute Gasteiger partial charge is 0.465 e. The maximum atomic E-state index is 11.5. The van der Waals surface area contributed by atoms with E-state index in [9.17, 15) is 4.79 Å². The van der Waals surface area contributed by atoms with Gasteiger partial charge in [-0.1, -0.05) is 12.2 Å². The highest BCUT2D eigenvalue weighted by Gasteiger charge is 2.16. The summed E-state index contributed by atoms with van der Waals surface area (Å²) in [7, 11) is 0. The van der Waals surface area contributed by atoms with Gasteiger partial charge in [0.2, 0.25) is 0 Å². The summed E-state index contributed by atoms with van der Waals surface area (Å²) in [6.45, 7) is 2.42. The van der Waals surface area contributed by atoms with Crippen molar-refractivity contribution >= 4 is 5.97 Å². The molecule has 0 aromatic rings. The van der Waals surface area contributed by atoms with Gasteiger partial charge in [0.15, 0.2) is 0 Å². The number of carbonyl (C=O) groups is 1. The van der Waals surface area contributed by atoms with E-state index in [-0.39, 0.29) is 12.1 Å². The third-order valence-electron chi connectivity index (χ3n) is 3.64. The van der Waals surface area contributed by atoms with Crippen molar-refractivity contribution < 1.29 is 19.0 Å². The predicted molar refractivity (Wildman–Crippen MR) is 71.9 cm³/mol. The second-order valence-corrected chi connectivity index (χ2v) is 5.29. The molecule has 19 heavy (non-hydrogen) atoms. The fourth-order valence-electron chi connectivity index (χ4n) is 2.44. The molecule has 0 radical (unpaired) electrons. The fraction of sp³-hybridized carbons (Fsp3) is 0.800. The SMILES string of the molecule is O=C(CCOCC1CCCO1)OCC1CC=CCC1. The van der Waals surface area contributed by atoms with Gasteiger partial charge in [0, 0.05) is 6.61 Å². The molecule has 1 saturated heterocycles. The molecular weight excluding hydrogens is 244 g/mol. The van der Waals surface area contributed by atoms with E-state index in [0.717, 1.165) is 38.7 Å². The van der Waals surface area contributed by atoms with Gasteiger partial charge in [0.25, 0.3) is 0 Å². The summed E-state index contributed by atoms with van der Waals surface area (Å²) in [6, 6.07) is 0. The molecule has 108 valence electrons. The summed E-state index contributed by atoms with van der Waals surface area (Å²) < 4.78 is 16.2. The molecule has 0 N–H and O–H groups in total. The van der Waals surface area contributed by atoms with E-state index in [1.165, 1.54) is 0 Å². The Morgan fingerprint density at radius 1 is 1.26 bits per heavy atom. The van der Waals surface area contributed by atoms with Gasteiger partial charge in [-0.2, -0.15) is 0 Å². The number of rotatable bonds is 7. The number of carbonyl (C=O) groups excluding carboxylic acids is 1. The zero-order chi connectivity index (χ0) is 13.3. The monoisotopic (exact) mass is 268 g/mol. The molecular formula is C15H24O4.